The van der Waals surface area contributed by atoms with Crippen molar-refractivity contribution in [2.75, 3.05) is 26.4 Å². The lowest BCUT2D eigenvalue weighted by Crippen LogP contribution is -2.44. The first kappa shape index (κ1) is 53.4. The van der Waals surface area contributed by atoms with Crippen molar-refractivity contribution < 1.29 is 32.7 Å². The van der Waals surface area contributed by atoms with Crippen molar-refractivity contribution in [1.82, 2.24) is 0 Å². The van der Waals surface area contributed by atoms with Crippen LogP contribution in [0, 0.1) is 0 Å². The topological polar surface area (TPSA) is 80.3 Å². The molecule has 3 aromatic rings. The maximum Gasteiger partial charge on any atom is 0.330 e. The summed E-state index contributed by atoms with van der Waals surface area (Å²) in [6, 6.07) is 28.1. The SMILES string of the molecule is C=CC(=O)OCCCCCCCCCCCOc1ccc(-c2ccc(-c3ccc(OCCCCCCCCCCC[Si](C)(C)O[Si](C)(C)CCCCOC(=O)C=C)cc3)cc2)cc1. The summed E-state index contributed by atoms with van der Waals surface area (Å²) in [4.78, 5) is 22.2. The van der Waals surface area contributed by atoms with Gasteiger partial charge in [0, 0.05) is 12.2 Å². The fraction of sp³-hybridized carbons (Fsp3) is 0.556. The highest BCUT2D eigenvalue weighted by molar-refractivity contribution is 6.84. The van der Waals surface area contributed by atoms with Gasteiger partial charge in [-0.15, -0.1) is 0 Å². The molecule has 0 spiro atoms. The Morgan fingerprint density at radius 2 is 0.651 bits per heavy atom. The van der Waals surface area contributed by atoms with E-state index in [9.17, 15) is 9.59 Å². The Bertz CT molecular complexity index is 1690. The lowest BCUT2D eigenvalue weighted by Gasteiger charge is -2.34. The van der Waals surface area contributed by atoms with Gasteiger partial charge in [0.1, 0.15) is 11.5 Å². The summed E-state index contributed by atoms with van der Waals surface area (Å²) < 4.78 is 29.0. The fourth-order valence-corrected chi connectivity index (χ4v) is 17.0. The number of rotatable bonds is 37. The lowest BCUT2D eigenvalue weighted by molar-refractivity contribution is -0.138. The van der Waals surface area contributed by atoms with Crippen LogP contribution in [0.5, 0.6) is 11.5 Å². The van der Waals surface area contributed by atoms with Crippen molar-refractivity contribution in [2.24, 2.45) is 0 Å². The molecule has 0 heterocycles. The molecular formula is C54H82O7Si2. The van der Waals surface area contributed by atoms with Crippen molar-refractivity contribution in [1.29, 1.82) is 0 Å². The molecule has 7 nitrogen and oxygen atoms in total. The predicted octanol–water partition coefficient (Wildman–Crippen LogP) is 15.5. The smallest absolute Gasteiger partial charge is 0.330 e. The number of benzene rings is 3. The van der Waals surface area contributed by atoms with E-state index in [0.29, 0.717) is 13.2 Å². The van der Waals surface area contributed by atoms with E-state index < -0.39 is 16.6 Å². The van der Waals surface area contributed by atoms with Gasteiger partial charge in [0.05, 0.1) is 26.4 Å². The Balaban J connectivity index is 1.17. The average molecular weight is 899 g/mol. The Morgan fingerprint density at radius 3 is 0.984 bits per heavy atom. The quantitative estimate of drug-likeness (QED) is 0.0247. The van der Waals surface area contributed by atoms with Crippen molar-refractivity contribution in [2.45, 2.75) is 167 Å². The molecule has 0 aliphatic heterocycles. The molecule has 348 valence electrons. The standard InChI is InChI=1S/C54H82O7Si2/c1-7-53(55)59-43-25-21-17-12-9-11-15-19-23-41-57-51-37-33-49(34-38-51)47-29-31-48(32-30-47)50-35-39-52(40-36-50)58-42-24-20-16-13-10-14-18-22-27-45-62(3,4)61-63(5,6)46-28-26-44-60-54(56)8-2/h7-8,29-40H,1-2,9-28,41-46H2,3-6H3. The molecule has 0 N–H and O–H groups in total. The van der Waals surface area contributed by atoms with Crippen LogP contribution in [-0.4, -0.2) is 55.0 Å². The molecule has 0 aliphatic rings. The number of esters is 2. The molecule has 0 fully saturated rings. The summed E-state index contributed by atoms with van der Waals surface area (Å²) in [5.41, 5.74) is 4.77. The van der Waals surface area contributed by atoms with Crippen molar-refractivity contribution in [3.8, 4) is 33.8 Å². The van der Waals surface area contributed by atoms with Crippen molar-refractivity contribution in [3.05, 3.63) is 98.1 Å². The highest BCUT2D eigenvalue weighted by atomic mass is 28.4. The Labute approximate surface area is 384 Å². The molecule has 63 heavy (non-hydrogen) atoms. The summed E-state index contributed by atoms with van der Waals surface area (Å²) in [7, 11) is -3.35. The molecule has 3 aromatic carbocycles. The molecular weight excluding hydrogens is 817 g/mol. The van der Waals surface area contributed by atoms with Crippen LogP contribution < -0.4 is 9.47 Å². The van der Waals surface area contributed by atoms with Gasteiger partial charge in [-0.05, 0) is 110 Å². The van der Waals surface area contributed by atoms with Crippen LogP contribution in [0.25, 0.3) is 22.3 Å². The first-order valence-corrected chi connectivity index (χ1v) is 30.6. The minimum Gasteiger partial charge on any atom is -0.494 e. The van der Waals surface area contributed by atoms with Crippen LogP contribution in [0.2, 0.25) is 38.3 Å². The molecule has 0 bridgehead atoms. The van der Waals surface area contributed by atoms with Gasteiger partial charge in [-0.2, -0.15) is 0 Å². The monoisotopic (exact) mass is 899 g/mol. The van der Waals surface area contributed by atoms with Crippen LogP contribution in [0.3, 0.4) is 0 Å². The zero-order chi connectivity index (χ0) is 45.4. The molecule has 3 rings (SSSR count). The fourth-order valence-electron chi connectivity index (χ4n) is 8.02. The number of carbonyl (C=O) groups excluding carboxylic acids is 2. The Morgan fingerprint density at radius 1 is 0.397 bits per heavy atom. The Hall–Kier alpha value is -3.93. The average Bonchev–Trinajstić information content (AvgIpc) is 3.28. The molecule has 0 saturated carbocycles. The normalized spacial score (nSPS) is 11.6. The van der Waals surface area contributed by atoms with E-state index in [1.165, 1.54) is 130 Å². The second-order valence-corrected chi connectivity index (χ2v) is 27.1. The van der Waals surface area contributed by atoms with E-state index >= 15 is 0 Å². The van der Waals surface area contributed by atoms with Gasteiger partial charge in [0.15, 0.2) is 16.6 Å². The number of carbonyl (C=O) groups is 2. The van der Waals surface area contributed by atoms with Gasteiger partial charge in [-0.1, -0.05) is 164 Å². The first-order valence-electron chi connectivity index (χ1n) is 24.4. The third kappa shape index (κ3) is 25.2. The van der Waals surface area contributed by atoms with Gasteiger partial charge in [-0.3, -0.25) is 0 Å². The van der Waals surface area contributed by atoms with E-state index in [0.717, 1.165) is 69.3 Å². The molecule has 9 heteroatoms. The van der Waals surface area contributed by atoms with Gasteiger partial charge in [0.25, 0.3) is 0 Å². The molecule has 0 radical (unpaired) electrons. The van der Waals surface area contributed by atoms with Crippen LogP contribution in [0.4, 0.5) is 0 Å². The first-order chi connectivity index (χ1) is 30.5. The molecule has 0 unspecified atom stereocenters. The van der Waals surface area contributed by atoms with E-state index in [1.807, 2.05) is 0 Å². The van der Waals surface area contributed by atoms with Gasteiger partial charge in [-0.25, -0.2) is 9.59 Å². The van der Waals surface area contributed by atoms with Gasteiger partial charge < -0.3 is 23.1 Å². The summed E-state index contributed by atoms with van der Waals surface area (Å²) in [6.07, 6.45) is 26.4. The molecule has 0 aliphatic carbocycles. The minimum absolute atomic E-state index is 0.328. The van der Waals surface area contributed by atoms with Crippen molar-refractivity contribution >= 4 is 28.6 Å². The summed E-state index contributed by atoms with van der Waals surface area (Å²) >= 11 is 0. The molecule has 0 amide bonds. The van der Waals surface area contributed by atoms with Crippen LogP contribution >= 0.6 is 0 Å². The maximum atomic E-state index is 11.2. The molecule has 0 atom stereocenters. The largest absolute Gasteiger partial charge is 0.494 e. The minimum atomic E-state index is -1.70. The van der Waals surface area contributed by atoms with E-state index in [4.69, 9.17) is 23.1 Å². The number of hydrogen-bond donors (Lipinski definition) is 0. The number of unbranched alkanes of at least 4 members (excludes halogenated alkanes) is 17. The number of ether oxygens (including phenoxy) is 4. The van der Waals surface area contributed by atoms with E-state index in [-0.39, 0.29) is 11.9 Å². The molecule has 0 saturated heterocycles. The highest BCUT2D eigenvalue weighted by Gasteiger charge is 2.32. The number of hydrogen-bond acceptors (Lipinski definition) is 7. The Kier molecular flexibility index (Phi) is 27.0. The van der Waals surface area contributed by atoms with Gasteiger partial charge >= 0.3 is 11.9 Å². The third-order valence-corrected chi connectivity index (χ3v) is 19.1. The predicted molar refractivity (Wildman–Crippen MR) is 269 cm³/mol. The van der Waals surface area contributed by atoms with E-state index in [2.05, 4.69) is 112 Å². The van der Waals surface area contributed by atoms with Crippen LogP contribution in [-0.2, 0) is 23.2 Å². The summed E-state index contributed by atoms with van der Waals surface area (Å²) in [5.74, 6) is 1.20. The van der Waals surface area contributed by atoms with Crippen molar-refractivity contribution in [3.63, 3.8) is 0 Å². The van der Waals surface area contributed by atoms with Crippen LogP contribution in [0.15, 0.2) is 98.1 Å². The second-order valence-electron chi connectivity index (χ2n) is 18.3. The molecule has 0 aromatic heterocycles. The van der Waals surface area contributed by atoms with Gasteiger partial charge in [0.2, 0.25) is 0 Å². The summed E-state index contributed by atoms with van der Waals surface area (Å²) in [6.45, 7) is 18.8. The third-order valence-electron chi connectivity index (χ3n) is 11.6. The highest BCUT2D eigenvalue weighted by Crippen LogP contribution is 2.29. The van der Waals surface area contributed by atoms with E-state index in [1.54, 1.807) is 0 Å². The van der Waals surface area contributed by atoms with Crippen LogP contribution in [0.1, 0.15) is 128 Å². The maximum absolute atomic E-state index is 11.2. The zero-order valence-corrected chi connectivity index (χ0v) is 41.7. The summed E-state index contributed by atoms with van der Waals surface area (Å²) in [5, 5.41) is 0. The second kappa shape index (κ2) is 31.8. The lowest BCUT2D eigenvalue weighted by atomic mass is 10.0. The zero-order valence-electron chi connectivity index (χ0n) is 39.7.